The van der Waals surface area contributed by atoms with E-state index < -0.39 is 0 Å². The number of benzene rings is 2. The van der Waals surface area contributed by atoms with Gasteiger partial charge in [-0.05, 0) is 43.2 Å². The van der Waals surface area contributed by atoms with Crippen molar-refractivity contribution in [1.82, 2.24) is 5.32 Å². The van der Waals surface area contributed by atoms with Crippen molar-refractivity contribution in [1.29, 1.82) is 0 Å². The molecule has 0 heterocycles. The zero-order chi connectivity index (χ0) is 15.2. The second-order valence-electron chi connectivity index (χ2n) is 4.98. The van der Waals surface area contributed by atoms with E-state index in [2.05, 4.69) is 22.8 Å². The zero-order valence-corrected chi connectivity index (χ0v) is 12.9. The van der Waals surface area contributed by atoms with Crippen LogP contribution in [0.2, 0.25) is 5.02 Å². The van der Waals surface area contributed by atoms with Gasteiger partial charge in [0.15, 0.2) is 0 Å². The minimum atomic E-state index is -0.218. The predicted molar refractivity (Wildman–Crippen MR) is 87.8 cm³/mol. The number of hydrogen-bond donors (Lipinski definition) is 2. The number of aryl methyl sites for hydroxylation is 1. The van der Waals surface area contributed by atoms with Gasteiger partial charge in [-0.1, -0.05) is 48.4 Å². The number of halogens is 1. The number of amides is 2. The van der Waals surface area contributed by atoms with E-state index in [0.29, 0.717) is 5.02 Å². The average molecular weight is 303 g/mol. The summed E-state index contributed by atoms with van der Waals surface area (Å²) in [6.45, 7) is 4.10. The molecule has 21 heavy (non-hydrogen) atoms. The molecule has 3 nitrogen and oxygen atoms in total. The largest absolute Gasteiger partial charge is 0.331 e. The Hall–Kier alpha value is -2.00. The summed E-state index contributed by atoms with van der Waals surface area (Å²) >= 11 is 5.82. The minimum absolute atomic E-state index is 0.00194. The molecular weight excluding hydrogens is 284 g/mol. The summed E-state index contributed by atoms with van der Waals surface area (Å²) in [5, 5.41) is 6.43. The van der Waals surface area contributed by atoms with Gasteiger partial charge in [0.1, 0.15) is 0 Å². The van der Waals surface area contributed by atoms with Crippen molar-refractivity contribution in [3.05, 3.63) is 64.7 Å². The molecule has 0 fully saturated rings. The lowest BCUT2D eigenvalue weighted by Gasteiger charge is -2.18. The van der Waals surface area contributed by atoms with Crippen LogP contribution in [-0.2, 0) is 0 Å². The monoisotopic (exact) mass is 302 g/mol. The molecule has 0 aromatic heterocycles. The van der Waals surface area contributed by atoms with E-state index in [1.165, 1.54) is 5.56 Å². The van der Waals surface area contributed by atoms with Crippen LogP contribution >= 0.6 is 11.6 Å². The lowest BCUT2D eigenvalue weighted by molar-refractivity contribution is 0.248. The van der Waals surface area contributed by atoms with Gasteiger partial charge in [-0.25, -0.2) is 4.79 Å². The molecule has 2 aromatic rings. The predicted octanol–water partition coefficient (Wildman–Crippen LogP) is 4.92. The molecule has 2 N–H and O–H groups in total. The molecule has 0 aliphatic rings. The lowest BCUT2D eigenvalue weighted by Crippen LogP contribution is -2.32. The summed E-state index contributed by atoms with van der Waals surface area (Å²) in [6, 6.07) is 15.0. The molecule has 0 aliphatic heterocycles. The van der Waals surface area contributed by atoms with Crippen LogP contribution in [-0.4, -0.2) is 6.03 Å². The Morgan fingerprint density at radius 2 is 1.71 bits per heavy atom. The lowest BCUT2D eigenvalue weighted by atomic mass is 10.0. The van der Waals surface area contributed by atoms with Gasteiger partial charge in [0, 0.05) is 10.7 Å². The number of hydrogen-bond acceptors (Lipinski definition) is 1. The number of anilines is 1. The van der Waals surface area contributed by atoms with Crippen molar-refractivity contribution in [2.24, 2.45) is 0 Å². The Kier molecular flexibility index (Phi) is 5.23. The number of carbonyl (C=O) groups is 1. The first kappa shape index (κ1) is 15.4. The molecule has 0 spiro atoms. The molecule has 0 unspecified atom stereocenters. The summed E-state index contributed by atoms with van der Waals surface area (Å²) in [5.74, 6) is 0. The highest BCUT2D eigenvalue weighted by Gasteiger charge is 2.12. The first-order valence-electron chi connectivity index (χ1n) is 6.98. The van der Waals surface area contributed by atoms with Crippen LogP contribution in [0, 0.1) is 6.92 Å². The quantitative estimate of drug-likeness (QED) is 0.827. The highest BCUT2D eigenvalue weighted by atomic mass is 35.5. The van der Waals surface area contributed by atoms with Gasteiger partial charge in [-0.15, -0.1) is 0 Å². The van der Waals surface area contributed by atoms with Gasteiger partial charge >= 0.3 is 6.03 Å². The number of carbonyl (C=O) groups excluding carboxylic acids is 1. The van der Waals surface area contributed by atoms with Crippen LogP contribution in [0.3, 0.4) is 0 Å². The standard InChI is InChI=1S/C17H19ClN2O/c1-3-16(13-6-4-12(2)5-7-13)20-17(21)19-15-10-8-14(18)9-11-15/h4-11,16H,3H2,1-2H3,(H2,19,20,21)/t16-/m1/s1. The molecular formula is C17H19ClN2O. The molecule has 2 rings (SSSR count). The Morgan fingerprint density at radius 1 is 1.10 bits per heavy atom. The first-order valence-corrected chi connectivity index (χ1v) is 7.36. The number of nitrogens with one attached hydrogen (secondary N) is 2. The molecule has 0 bridgehead atoms. The second-order valence-corrected chi connectivity index (χ2v) is 5.41. The van der Waals surface area contributed by atoms with Crippen LogP contribution in [0.5, 0.6) is 0 Å². The van der Waals surface area contributed by atoms with Gasteiger partial charge in [0.05, 0.1) is 6.04 Å². The Morgan fingerprint density at radius 3 is 2.29 bits per heavy atom. The molecule has 2 amide bonds. The van der Waals surface area contributed by atoms with Crippen molar-refractivity contribution in [3.63, 3.8) is 0 Å². The van der Waals surface area contributed by atoms with E-state index >= 15 is 0 Å². The van der Waals surface area contributed by atoms with Crippen LogP contribution in [0.4, 0.5) is 10.5 Å². The van der Waals surface area contributed by atoms with Crippen LogP contribution < -0.4 is 10.6 Å². The molecule has 4 heteroatoms. The molecule has 0 radical (unpaired) electrons. The molecule has 110 valence electrons. The van der Waals surface area contributed by atoms with Crippen LogP contribution in [0.1, 0.15) is 30.5 Å². The van der Waals surface area contributed by atoms with E-state index in [0.717, 1.165) is 17.7 Å². The van der Waals surface area contributed by atoms with Crippen molar-refractivity contribution >= 4 is 23.3 Å². The van der Waals surface area contributed by atoms with E-state index in [-0.39, 0.29) is 12.1 Å². The summed E-state index contributed by atoms with van der Waals surface area (Å²) in [4.78, 5) is 12.1. The van der Waals surface area contributed by atoms with E-state index in [1.807, 2.05) is 26.0 Å². The Labute approximate surface area is 130 Å². The van der Waals surface area contributed by atoms with Crippen LogP contribution in [0.25, 0.3) is 0 Å². The summed E-state index contributed by atoms with van der Waals surface area (Å²) in [7, 11) is 0. The number of rotatable bonds is 4. The fourth-order valence-electron chi connectivity index (χ4n) is 2.08. The smallest absolute Gasteiger partial charge is 0.319 e. The maximum Gasteiger partial charge on any atom is 0.319 e. The van der Waals surface area contributed by atoms with Gasteiger partial charge in [-0.2, -0.15) is 0 Å². The van der Waals surface area contributed by atoms with E-state index in [4.69, 9.17) is 11.6 Å². The van der Waals surface area contributed by atoms with Gasteiger partial charge in [0.2, 0.25) is 0 Å². The third-order valence-electron chi connectivity index (χ3n) is 3.30. The molecule has 2 aromatic carbocycles. The Balaban J connectivity index is 1.99. The van der Waals surface area contributed by atoms with Crippen molar-refractivity contribution in [2.45, 2.75) is 26.3 Å². The fourth-order valence-corrected chi connectivity index (χ4v) is 2.20. The third-order valence-corrected chi connectivity index (χ3v) is 3.55. The number of urea groups is 1. The fraction of sp³-hybridized carbons (Fsp3) is 0.235. The average Bonchev–Trinajstić information content (AvgIpc) is 2.48. The summed E-state index contributed by atoms with van der Waals surface area (Å²) < 4.78 is 0. The molecule has 1 atom stereocenters. The maximum atomic E-state index is 12.1. The summed E-state index contributed by atoms with van der Waals surface area (Å²) in [6.07, 6.45) is 0.830. The third kappa shape index (κ3) is 4.50. The van der Waals surface area contributed by atoms with E-state index in [9.17, 15) is 4.79 Å². The van der Waals surface area contributed by atoms with Crippen molar-refractivity contribution in [2.75, 3.05) is 5.32 Å². The highest BCUT2D eigenvalue weighted by Crippen LogP contribution is 2.18. The molecule has 0 saturated heterocycles. The molecule has 0 aliphatic carbocycles. The Bertz CT molecular complexity index is 593. The first-order chi connectivity index (χ1) is 10.1. The topological polar surface area (TPSA) is 41.1 Å². The highest BCUT2D eigenvalue weighted by molar-refractivity contribution is 6.30. The van der Waals surface area contributed by atoms with E-state index in [1.54, 1.807) is 24.3 Å². The minimum Gasteiger partial charge on any atom is -0.331 e. The van der Waals surface area contributed by atoms with Gasteiger partial charge in [-0.3, -0.25) is 0 Å². The maximum absolute atomic E-state index is 12.1. The van der Waals surface area contributed by atoms with Crippen molar-refractivity contribution < 1.29 is 4.79 Å². The van der Waals surface area contributed by atoms with Crippen molar-refractivity contribution in [3.8, 4) is 0 Å². The molecule has 0 saturated carbocycles. The SMILES string of the molecule is CC[C@@H](NC(=O)Nc1ccc(Cl)cc1)c1ccc(C)cc1. The van der Waals surface area contributed by atoms with Gasteiger partial charge in [0.25, 0.3) is 0 Å². The summed E-state index contributed by atoms with van der Waals surface area (Å²) in [5.41, 5.74) is 3.03. The van der Waals surface area contributed by atoms with Crippen LogP contribution in [0.15, 0.2) is 48.5 Å². The van der Waals surface area contributed by atoms with Gasteiger partial charge < -0.3 is 10.6 Å². The normalized spacial score (nSPS) is 11.8. The zero-order valence-electron chi connectivity index (χ0n) is 12.2. The second kappa shape index (κ2) is 7.14.